The highest BCUT2D eigenvalue weighted by Gasteiger charge is 2.25. The molecule has 3 heteroatoms. The van der Waals surface area contributed by atoms with Crippen molar-refractivity contribution in [2.75, 3.05) is 10.6 Å². The first-order chi connectivity index (χ1) is 8.84. The van der Waals surface area contributed by atoms with Gasteiger partial charge in [0.25, 0.3) is 0 Å². The molecule has 1 N–H and O–H groups in total. The standard InChI is InChI=1S/C15H15N2O/c18-17(13-6-2-1-3-7-13)16-15-9-5-4-8-14(15)12-10-11-12/h1-9,12,16H,10-11H2/q-1. The first-order valence-corrected chi connectivity index (χ1v) is 6.22. The number of anilines is 2. The molecule has 0 heterocycles. The second kappa shape index (κ2) is 4.70. The van der Waals surface area contributed by atoms with Crippen LogP contribution in [0.15, 0.2) is 54.6 Å². The van der Waals surface area contributed by atoms with E-state index in [2.05, 4.69) is 11.5 Å². The van der Waals surface area contributed by atoms with Crippen molar-refractivity contribution in [2.24, 2.45) is 0 Å². The number of hydrogen-bond donors (Lipinski definition) is 1. The van der Waals surface area contributed by atoms with Crippen molar-refractivity contribution in [3.05, 3.63) is 65.4 Å². The van der Waals surface area contributed by atoms with Gasteiger partial charge in [-0.25, -0.2) is 0 Å². The van der Waals surface area contributed by atoms with E-state index in [0.717, 1.165) is 10.9 Å². The Morgan fingerprint density at radius 2 is 1.61 bits per heavy atom. The first kappa shape index (κ1) is 11.1. The quantitative estimate of drug-likeness (QED) is 0.822. The number of nitrogens with zero attached hydrogens (tertiary/aromatic N) is 1. The van der Waals surface area contributed by atoms with Crippen molar-refractivity contribution in [1.29, 1.82) is 0 Å². The van der Waals surface area contributed by atoms with Crippen molar-refractivity contribution in [3.63, 3.8) is 0 Å². The van der Waals surface area contributed by atoms with E-state index >= 15 is 0 Å². The monoisotopic (exact) mass is 239 g/mol. The largest absolute Gasteiger partial charge is 0.739 e. The minimum atomic E-state index is 0.614. The van der Waals surface area contributed by atoms with Gasteiger partial charge in [0.1, 0.15) is 0 Å². The zero-order chi connectivity index (χ0) is 12.4. The van der Waals surface area contributed by atoms with Crippen LogP contribution >= 0.6 is 0 Å². The molecule has 1 saturated carbocycles. The van der Waals surface area contributed by atoms with E-state index in [1.54, 1.807) is 12.1 Å². The maximum atomic E-state index is 12.0. The first-order valence-electron chi connectivity index (χ1n) is 6.22. The second-order valence-corrected chi connectivity index (χ2v) is 4.60. The van der Waals surface area contributed by atoms with E-state index in [1.807, 2.05) is 36.4 Å². The number of benzene rings is 2. The van der Waals surface area contributed by atoms with E-state index in [4.69, 9.17) is 0 Å². The Balaban J connectivity index is 1.80. The fourth-order valence-electron chi connectivity index (χ4n) is 2.09. The highest BCUT2D eigenvalue weighted by Crippen LogP contribution is 2.43. The van der Waals surface area contributed by atoms with Crippen LogP contribution in [0.3, 0.4) is 0 Å². The number of para-hydroxylation sites is 2. The minimum Gasteiger partial charge on any atom is -0.739 e. The third kappa shape index (κ3) is 2.31. The summed E-state index contributed by atoms with van der Waals surface area (Å²) >= 11 is 0. The van der Waals surface area contributed by atoms with Gasteiger partial charge < -0.3 is 15.8 Å². The fraction of sp³-hybridized carbons (Fsp3) is 0.200. The van der Waals surface area contributed by atoms with Gasteiger partial charge in [0.05, 0.1) is 5.69 Å². The maximum absolute atomic E-state index is 12.0. The Morgan fingerprint density at radius 1 is 0.944 bits per heavy atom. The Hall–Kier alpha value is -2.00. The summed E-state index contributed by atoms with van der Waals surface area (Å²) < 4.78 is 0. The summed E-state index contributed by atoms with van der Waals surface area (Å²) in [6, 6.07) is 17.2. The van der Waals surface area contributed by atoms with E-state index in [-0.39, 0.29) is 0 Å². The van der Waals surface area contributed by atoms with E-state index < -0.39 is 0 Å². The summed E-state index contributed by atoms with van der Waals surface area (Å²) in [6.07, 6.45) is 2.45. The van der Waals surface area contributed by atoms with Gasteiger partial charge in [0, 0.05) is 5.69 Å². The molecule has 1 aliphatic carbocycles. The van der Waals surface area contributed by atoms with Crippen LogP contribution in [0.4, 0.5) is 11.4 Å². The van der Waals surface area contributed by atoms with Gasteiger partial charge >= 0.3 is 0 Å². The van der Waals surface area contributed by atoms with E-state index in [9.17, 15) is 5.21 Å². The molecule has 0 radical (unpaired) electrons. The molecular weight excluding hydrogens is 224 g/mol. The van der Waals surface area contributed by atoms with Crippen LogP contribution in [0.2, 0.25) is 0 Å². The molecule has 3 rings (SSSR count). The summed E-state index contributed by atoms with van der Waals surface area (Å²) in [4.78, 5) is 0. The van der Waals surface area contributed by atoms with Crippen LogP contribution in [0, 0.1) is 5.21 Å². The number of rotatable bonds is 4. The lowest BCUT2D eigenvalue weighted by atomic mass is 10.1. The third-order valence-corrected chi connectivity index (χ3v) is 3.19. The summed E-state index contributed by atoms with van der Waals surface area (Å²) in [5, 5.41) is 12.8. The average molecular weight is 239 g/mol. The van der Waals surface area contributed by atoms with Crippen LogP contribution in [0.25, 0.3) is 0 Å². The summed E-state index contributed by atoms with van der Waals surface area (Å²) in [5.41, 5.74) is 5.70. The zero-order valence-corrected chi connectivity index (χ0v) is 10.0. The van der Waals surface area contributed by atoms with Gasteiger partial charge in [-0.05, 0) is 42.5 Å². The van der Waals surface area contributed by atoms with Gasteiger partial charge in [0.15, 0.2) is 0 Å². The van der Waals surface area contributed by atoms with Crippen molar-refractivity contribution in [1.82, 2.24) is 0 Å². The van der Waals surface area contributed by atoms with Crippen molar-refractivity contribution < 1.29 is 0 Å². The molecule has 0 atom stereocenters. The molecule has 0 spiro atoms. The summed E-state index contributed by atoms with van der Waals surface area (Å²) in [7, 11) is 0. The molecule has 0 aliphatic heterocycles. The Bertz CT molecular complexity index is 523. The molecule has 92 valence electrons. The third-order valence-electron chi connectivity index (χ3n) is 3.19. The zero-order valence-electron chi connectivity index (χ0n) is 10.0. The van der Waals surface area contributed by atoms with Crippen LogP contribution in [0.5, 0.6) is 0 Å². The Kier molecular flexibility index (Phi) is 2.90. The fourth-order valence-corrected chi connectivity index (χ4v) is 2.09. The highest BCUT2D eigenvalue weighted by molar-refractivity contribution is 5.60. The summed E-state index contributed by atoms with van der Waals surface area (Å²) in [6.45, 7) is 0. The van der Waals surface area contributed by atoms with E-state index in [1.165, 1.54) is 18.4 Å². The van der Waals surface area contributed by atoms with Crippen LogP contribution < -0.4 is 10.6 Å². The van der Waals surface area contributed by atoms with Gasteiger partial charge in [-0.1, -0.05) is 36.4 Å². The molecule has 2 aromatic rings. The lowest BCUT2D eigenvalue weighted by Gasteiger charge is -2.32. The molecule has 0 amide bonds. The van der Waals surface area contributed by atoms with Crippen molar-refractivity contribution >= 4 is 11.4 Å². The smallest absolute Gasteiger partial charge is 0.0568 e. The number of hydrogen-bond acceptors (Lipinski definition) is 3. The predicted octanol–water partition coefficient (Wildman–Crippen LogP) is 3.90. The molecule has 1 aliphatic rings. The Morgan fingerprint density at radius 3 is 2.33 bits per heavy atom. The SMILES string of the molecule is [O-]N(Nc1ccccc1C1CC1)c1ccccc1. The number of hydrazine groups is 1. The van der Waals surface area contributed by atoms with Crippen molar-refractivity contribution in [3.8, 4) is 0 Å². The lowest BCUT2D eigenvalue weighted by Crippen LogP contribution is -2.23. The van der Waals surface area contributed by atoms with Crippen LogP contribution in [-0.4, -0.2) is 0 Å². The molecule has 18 heavy (non-hydrogen) atoms. The molecule has 2 aromatic carbocycles. The minimum absolute atomic E-state index is 0.614. The maximum Gasteiger partial charge on any atom is 0.0568 e. The molecular formula is C15H15N2O-. The van der Waals surface area contributed by atoms with Crippen molar-refractivity contribution in [2.45, 2.75) is 18.8 Å². The van der Waals surface area contributed by atoms with Crippen LogP contribution in [-0.2, 0) is 0 Å². The average Bonchev–Trinajstić information content (AvgIpc) is 3.25. The van der Waals surface area contributed by atoms with Gasteiger partial charge in [0.2, 0.25) is 0 Å². The highest BCUT2D eigenvalue weighted by atomic mass is 16.5. The van der Waals surface area contributed by atoms with Gasteiger partial charge in [-0.3, -0.25) is 0 Å². The van der Waals surface area contributed by atoms with Gasteiger partial charge in [-0.15, -0.1) is 0 Å². The molecule has 0 saturated heterocycles. The second-order valence-electron chi connectivity index (χ2n) is 4.60. The molecule has 0 bridgehead atoms. The Labute approximate surface area is 107 Å². The van der Waals surface area contributed by atoms with E-state index in [0.29, 0.717) is 11.6 Å². The topological polar surface area (TPSA) is 38.3 Å². The van der Waals surface area contributed by atoms with Crippen LogP contribution in [0.1, 0.15) is 24.3 Å². The molecule has 3 nitrogen and oxygen atoms in total. The normalized spacial score (nSPS) is 14.3. The summed E-state index contributed by atoms with van der Waals surface area (Å²) in [5.74, 6) is 0.623. The number of nitrogens with one attached hydrogen (secondary N) is 1. The molecule has 1 fully saturated rings. The lowest BCUT2D eigenvalue weighted by molar-refractivity contribution is 1.09. The molecule has 0 aromatic heterocycles. The predicted molar refractivity (Wildman–Crippen MR) is 74.3 cm³/mol. The van der Waals surface area contributed by atoms with Gasteiger partial charge in [-0.2, -0.15) is 0 Å². The molecule has 0 unspecified atom stereocenters.